The number of aromatic nitrogens is 3. The quantitative estimate of drug-likeness (QED) is 0.121. The van der Waals surface area contributed by atoms with Gasteiger partial charge in [0.15, 0.2) is 0 Å². The molecule has 6 nitrogen and oxygen atoms in total. The van der Waals surface area contributed by atoms with Crippen LogP contribution in [0.4, 0.5) is 55.6 Å². The third-order valence-electron chi connectivity index (χ3n) is 29.2. The lowest BCUT2D eigenvalue weighted by Crippen LogP contribution is -2.24. The minimum atomic E-state index is -0.249. The predicted molar refractivity (Wildman–Crippen MR) is 592 cm³/mol. The Bertz CT molecular complexity index is 8680. The van der Waals surface area contributed by atoms with Gasteiger partial charge in [0.1, 0.15) is 5.82 Å². The lowest BCUT2D eigenvalue weighted by molar-refractivity contribution is 0.607. The maximum atomic E-state index is 14.3. The fraction of sp³-hybridized carbons (Fsp3) is 0.0769. The van der Waals surface area contributed by atoms with E-state index in [-0.39, 0.29) is 22.1 Å². The normalized spacial score (nSPS) is 13.5. The molecule has 0 atom stereocenters. The van der Waals surface area contributed by atoms with Crippen molar-refractivity contribution in [1.82, 2.24) is 13.7 Å². The maximum absolute atomic E-state index is 14.3. The molecule has 3 aromatic heterocycles. The molecule has 3 aliphatic rings. The molecule has 0 saturated carbocycles. The fourth-order valence-corrected chi connectivity index (χ4v) is 26.6. The van der Waals surface area contributed by atoms with Gasteiger partial charge in [0.25, 0.3) is 0 Å². The molecule has 6 heterocycles. The van der Waals surface area contributed by atoms with Crippen molar-refractivity contribution in [3.63, 3.8) is 0 Å². The molecule has 21 aromatic carbocycles. The molecule has 140 heavy (non-hydrogen) atoms. The summed E-state index contributed by atoms with van der Waals surface area (Å²) < 4.78 is 21.5. The largest absolute Gasteiger partial charge is 0.310 e. The summed E-state index contributed by atoms with van der Waals surface area (Å²) in [6.45, 7) is 16.2. The van der Waals surface area contributed by atoms with Gasteiger partial charge in [0.2, 0.25) is 0 Å². The highest BCUT2D eigenvalue weighted by Crippen LogP contribution is 2.57. The Morgan fingerprint density at radius 2 is 0.443 bits per heavy atom. The Morgan fingerprint density at radius 1 is 0.200 bits per heavy atom. The second-order valence-electron chi connectivity index (χ2n) is 38.5. The van der Waals surface area contributed by atoms with E-state index >= 15 is 0 Å². The minimum Gasteiger partial charge on any atom is -0.310 e. The zero-order valence-corrected chi connectivity index (χ0v) is 81.1. The molecule has 0 N–H and O–H groups in total. The summed E-state index contributed by atoms with van der Waals surface area (Å²) in [5.41, 5.74) is 29.7. The smallest absolute Gasteiger partial charge is 0.123 e. The van der Waals surface area contributed by atoms with Crippen LogP contribution < -0.4 is 14.7 Å². The lowest BCUT2D eigenvalue weighted by atomic mass is 9.77. The van der Waals surface area contributed by atoms with Gasteiger partial charge in [-0.3, -0.25) is 0 Å². The molecule has 0 saturated heterocycles. The van der Waals surface area contributed by atoms with Gasteiger partial charge in [0.05, 0.1) is 33.1 Å². The van der Waals surface area contributed by atoms with E-state index in [4.69, 9.17) is 0 Å². The second kappa shape index (κ2) is 34.4. The van der Waals surface area contributed by atoms with Gasteiger partial charge in [-0.05, 0) is 285 Å². The highest BCUT2D eigenvalue weighted by Gasteiger charge is 2.38. The van der Waals surface area contributed by atoms with E-state index in [2.05, 4.69) is 514 Å². The summed E-state index contributed by atoms with van der Waals surface area (Å²) in [4.78, 5) is 14.9. The van der Waals surface area contributed by atoms with Crippen molar-refractivity contribution >= 4 is 184 Å². The first-order valence-electron chi connectivity index (χ1n) is 48.1. The standard InChI is InChI=1S/C44H34N2S.C43H31FN2S.C43H32N2S/c1-29-17-20-32(21-18-29)45(34-22-24-38-42(28-34)47-41-16-10-9-15-37(41)44(38,2)3)33-23-26-39-36(27-33)43-35-14-8-7-11-30(35)19-25-40(43)46(39)31-12-5-4-6-13-31;1-43(2)36-14-8-9-15-40(36)47-41-27-33(21-23-37(41)43)45(31-19-17-29(44)18-20-31)32-22-25-38-35(26-32)42-34-13-7-6-10-28(34)16-24-39(42)46(38)30-11-4-3-5-12-30;1-43(2)36-19-11-12-20-40(36)46-41-28-33(22-24-37(41)43)44(30-14-5-3-6-15-30)32-23-26-38-35(27-32)42-34-18-10-9-13-29(34)21-25-39(42)45(38)31-16-7-4-8-17-31/h4-28H,1-3H3;3-27H,1-2H3;3-28H,1-2H3. The molecule has 0 bridgehead atoms. The first kappa shape index (κ1) is 85.8. The van der Waals surface area contributed by atoms with Crippen LogP contribution in [-0.2, 0) is 16.2 Å². The van der Waals surface area contributed by atoms with Crippen LogP contribution in [0.2, 0.25) is 0 Å². The van der Waals surface area contributed by atoms with Crippen LogP contribution in [0.25, 0.3) is 115 Å². The molecule has 0 unspecified atom stereocenters. The van der Waals surface area contributed by atoms with Gasteiger partial charge in [0, 0.05) is 146 Å². The molecule has 27 rings (SSSR count). The van der Waals surface area contributed by atoms with Crippen molar-refractivity contribution in [2.24, 2.45) is 0 Å². The van der Waals surface area contributed by atoms with Gasteiger partial charge in [-0.15, -0.1) is 0 Å². The van der Waals surface area contributed by atoms with Crippen molar-refractivity contribution < 1.29 is 4.39 Å². The van der Waals surface area contributed by atoms with Crippen LogP contribution in [0.3, 0.4) is 0 Å². The third-order valence-corrected chi connectivity index (χ3v) is 32.6. The van der Waals surface area contributed by atoms with Crippen LogP contribution in [0.15, 0.2) is 490 Å². The van der Waals surface area contributed by atoms with E-state index in [1.807, 2.05) is 47.4 Å². The molecule has 0 fully saturated rings. The molecule has 0 aliphatic carbocycles. The van der Waals surface area contributed by atoms with Crippen molar-refractivity contribution in [3.8, 4) is 17.1 Å². The van der Waals surface area contributed by atoms with Crippen molar-refractivity contribution in [3.05, 3.63) is 506 Å². The second-order valence-corrected chi connectivity index (χ2v) is 41.8. The van der Waals surface area contributed by atoms with E-state index in [0.29, 0.717) is 0 Å². The molecule has 0 amide bonds. The van der Waals surface area contributed by atoms with Gasteiger partial charge in [-0.1, -0.05) is 331 Å². The highest BCUT2D eigenvalue weighted by molar-refractivity contribution is 8.00. The topological polar surface area (TPSA) is 24.5 Å². The Kier molecular flexibility index (Phi) is 21.1. The zero-order valence-electron chi connectivity index (χ0n) is 78.7. The van der Waals surface area contributed by atoms with E-state index in [1.165, 1.54) is 172 Å². The van der Waals surface area contributed by atoms with Crippen molar-refractivity contribution in [1.29, 1.82) is 0 Å². The summed E-state index contributed by atoms with van der Waals surface area (Å²) in [6.07, 6.45) is 0. The molecule has 10 heteroatoms. The van der Waals surface area contributed by atoms with Crippen LogP contribution in [0.1, 0.15) is 80.5 Å². The van der Waals surface area contributed by atoms with E-state index < -0.39 is 0 Å². The number of hydrogen-bond donors (Lipinski definition) is 0. The number of aryl methyl sites for hydroxylation is 1. The minimum absolute atomic E-state index is 0.0630. The molecule has 0 radical (unpaired) electrons. The summed E-state index contributed by atoms with van der Waals surface area (Å²) >= 11 is 5.60. The number of hydrogen-bond acceptors (Lipinski definition) is 6. The zero-order chi connectivity index (χ0) is 94.2. The molecular formula is C130H97FN6S3. The SMILES string of the molecule is CC1(C)c2ccccc2Sc2cc(N(c3ccc(F)cc3)c3ccc4c(c3)c3c5ccccc5ccc3n4-c3ccccc3)ccc21.CC1(C)c2ccccc2Sc2cc(N(c3ccccc3)c3ccc4c(c3)c3c5ccccc5ccc3n4-c3ccccc3)ccc21.Cc1ccc(N(c2ccc3c(c2)Sc2ccccc2C3(C)C)c2ccc3c(c2)c2c4ccccc4ccc2n3-c2ccccc2)cc1. The van der Waals surface area contributed by atoms with Crippen molar-refractivity contribution in [2.75, 3.05) is 14.7 Å². The van der Waals surface area contributed by atoms with Crippen molar-refractivity contribution in [2.45, 2.75) is 94.1 Å². The lowest BCUT2D eigenvalue weighted by Gasteiger charge is -2.35. The van der Waals surface area contributed by atoms with Gasteiger partial charge in [-0.2, -0.15) is 0 Å². The molecule has 0 spiro atoms. The van der Waals surface area contributed by atoms with Gasteiger partial charge < -0.3 is 28.4 Å². The summed E-state index contributed by atoms with van der Waals surface area (Å²) in [7, 11) is 0. The van der Waals surface area contributed by atoms with Crippen LogP contribution in [0, 0.1) is 12.7 Å². The number of anilines is 9. The van der Waals surface area contributed by atoms with E-state index in [1.54, 1.807) is 12.1 Å². The van der Waals surface area contributed by atoms with E-state index in [9.17, 15) is 4.39 Å². The number of fused-ring (bicyclic) bond motifs is 21. The van der Waals surface area contributed by atoms with Gasteiger partial charge in [-0.25, -0.2) is 4.39 Å². The molecule has 3 aliphatic heterocycles. The van der Waals surface area contributed by atoms with Crippen LogP contribution >= 0.6 is 35.3 Å². The molecule has 672 valence electrons. The Hall–Kier alpha value is -15.8. The predicted octanol–water partition coefficient (Wildman–Crippen LogP) is 37.0. The monoisotopic (exact) mass is 1860 g/mol. The average molecular weight is 1860 g/mol. The number of para-hydroxylation sites is 4. The van der Waals surface area contributed by atoms with Crippen LogP contribution in [0.5, 0.6) is 0 Å². The summed E-state index contributed by atoms with van der Waals surface area (Å²) in [5, 5.41) is 14.9. The fourth-order valence-electron chi connectivity index (χ4n) is 22.3. The first-order valence-corrected chi connectivity index (χ1v) is 50.5. The molecular weight excluding hydrogens is 1760 g/mol. The van der Waals surface area contributed by atoms with E-state index in [0.717, 1.165) is 62.4 Å². The summed E-state index contributed by atoms with van der Waals surface area (Å²) in [6, 6.07) is 166. The Balaban J connectivity index is 0.000000111. The van der Waals surface area contributed by atoms with Gasteiger partial charge >= 0.3 is 0 Å². The number of nitrogens with zero attached hydrogens (tertiary/aromatic N) is 6. The van der Waals surface area contributed by atoms with Crippen LogP contribution in [-0.4, -0.2) is 13.7 Å². The summed E-state index contributed by atoms with van der Waals surface area (Å²) in [5.74, 6) is -0.249. The maximum Gasteiger partial charge on any atom is 0.123 e. The number of benzene rings is 21. The number of rotatable bonds is 12. The highest BCUT2D eigenvalue weighted by atomic mass is 32.2. The molecule has 24 aromatic rings. The number of halogens is 1. The average Bonchev–Trinajstić information content (AvgIpc) is 1.35. The third kappa shape index (κ3) is 14.5. The first-order chi connectivity index (χ1) is 68.5. The Labute approximate surface area is 827 Å². The Morgan fingerprint density at radius 3 is 0.771 bits per heavy atom.